The van der Waals surface area contributed by atoms with Crippen molar-refractivity contribution in [1.82, 2.24) is 9.80 Å². The van der Waals surface area contributed by atoms with Crippen molar-refractivity contribution in [3.63, 3.8) is 0 Å². The van der Waals surface area contributed by atoms with Crippen molar-refractivity contribution in [1.29, 1.82) is 0 Å². The quantitative estimate of drug-likeness (QED) is 0.654. The Hall–Kier alpha value is -1.32. The van der Waals surface area contributed by atoms with E-state index in [4.69, 9.17) is 0 Å². The van der Waals surface area contributed by atoms with Gasteiger partial charge in [0, 0.05) is 33.1 Å². The Morgan fingerprint density at radius 2 is 1.81 bits per heavy atom. The molecule has 0 aromatic rings. The summed E-state index contributed by atoms with van der Waals surface area (Å²) in [6, 6.07) is 0. The number of carbonyl (C=O) groups is 2. The van der Waals surface area contributed by atoms with E-state index in [9.17, 15) is 9.59 Å². The summed E-state index contributed by atoms with van der Waals surface area (Å²) in [6.45, 7) is 3.21. The highest BCUT2D eigenvalue weighted by molar-refractivity contribution is 5.87. The number of rotatable bonds is 2. The number of piperidine rings is 1. The van der Waals surface area contributed by atoms with Crippen molar-refractivity contribution in [3.8, 4) is 0 Å². The van der Waals surface area contributed by atoms with Crippen molar-refractivity contribution >= 4 is 11.8 Å². The highest BCUT2D eigenvalue weighted by Crippen LogP contribution is 2.18. The van der Waals surface area contributed by atoms with Gasteiger partial charge in [-0.3, -0.25) is 9.59 Å². The lowest BCUT2D eigenvalue weighted by molar-refractivity contribution is -0.137. The van der Waals surface area contributed by atoms with E-state index in [0.717, 1.165) is 12.8 Å². The first-order chi connectivity index (χ1) is 7.56. The van der Waals surface area contributed by atoms with Crippen LogP contribution in [0.5, 0.6) is 0 Å². The second kappa shape index (κ2) is 5.68. The molecule has 4 heteroatoms. The molecule has 0 aromatic heterocycles. The molecule has 0 saturated carbocycles. The Morgan fingerprint density at radius 3 is 2.25 bits per heavy atom. The van der Waals surface area contributed by atoms with Gasteiger partial charge in [0.15, 0.2) is 0 Å². The molecule has 0 atom stereocenters. The number of allylic oxidation sites excluding steroid dienone is 1. The Labute approximate surface area is 96.9 Å². The molecule has 1 heterocycles. The summed E-state index contributed by atoms with van der Waals surface area (Å²) < 4.78 is 0. The topological polar surface area (TPSA) is 40.6 Å². The monoisotopic (exact) mass is 224 g/mol. The van der Waals surface area contributed by atoms with Gasteiger partial charge in [0.2, 0.25) is 11.8 Å². The first kappa shape index (κ1) is 12.7. The summed E-state index contributed by atoms with van der Waals surface area (Å²) in [5, 5.41) is 0. The van der Waals surface area contributed by atoms with E-state index >= 15 is 0 Å². The van der Waals surface area contributed by atoms with Gasteiger partial charge in [0.05, 0.1) is 0 Å². The van der Waals surface area contributed by atoms with E-state index < -0.39 is 0 Å². The third kappa shape index (κ3) is 3.08. The normalized spacial score (nSPS) is 17.8. The smallest absolute Gasteiger partial charge is 0.246 e. The van der Waals surface area contributed by atoms with Gasteiger partial charge in [-0.05, 0) is 25.8 Å². The summed E-state index contributed by atoms with van der Waals surface area (Å²) in [7, 11) is 3.55. The predicted octanol–water partition coefficient (Wildman–Crippen LogP) is 0.889. The van der Waals surface area contributed by atoms with Crippen LogP contribution in [-0.4, -0.2) is 48.8 Å². The summed E-state index contributed by atoms with van der Waals surface area (Å²) >= 11 is 0. The van der Waals surface area contributed by atoms with Crippen LogP contribution < -0.4 is 0 Å². The van der Waals surface area contributed by atoms with Crippen LogP contribution in [0.25, 0.3) is 0 Å². The van der Waals surface area contributed by atoms with Gasteiger partial charge in [-0.2, -0.15) is 0 Å². The molecule has 0 unspecified atom stereocenters. The highest BCUT2D eigenvalue weighted by Gasteiger charge is 2.27. The van der Waals surface area contributed by atoms with Crippen LogP contribution >= 0.6 is 0 Å². The van der Waals surface area contributed by atoms with Crippen molar-refractivity contribution in [2.24, 2.45) is 5.92 Å². The Kier molecular flexibility index (Phi) is 4.52. The minimum absolute atomic E-state index is 0.0539. The molecular weight excluding hydrogens is 204 g/mol. The molecule has 16 heavy (non-hydrogen) atoms. The highest BCUT2D eigenvalue weighted by atomic mass is 16.2. The predicted molar refractivity (Wildman–Crippen MR) is 62.8 cm³/mol. The van der Waals surface area contributed by atoms with Crippen LogP contribution in [-0.2, 0) is 9.59 Å². The van der Waals surface area contributed by atoms with Crippen LogP contribution in [0.15, 0.2) is 12.2 Å². The molecule has 0 radical (unpaired) electrons. The lowest BCUT2D eigenvalue weighted by atomic mass is 9.95. The minimum atomic E-state index is 0.0539. The maximum atomic E-state index is 11.7. The third-order valence-corrected chi connectivity index (χ3v) is 2.91. The summed E-state index contributed by atoms with van der Waals surface area (Å²) in [4.78, 5) is 26.7. The fraction of sp³-hybridized carbons (Fsp3) is 0.667. The van der Waals surface area contributed by atoms with Crippen LogP contribution in [0.1, 0.15) is 19.8 Å². The summed E-state index contributed by atoms with van der Waals surface area (Å²) in [5.41, 5.74) is 0. The van der Waals surface area contributed by atoms with Crippen molar-refractivity contribution in [3.05, 3.63) is 12.2 Å². The molecule has 1 saturated heterocycles. The molecule has 0 aliphatic carbocycles. The molecule has 1 aliphatic rings. The third-order valence-electron chi connectivity index (χ3n) is 2.91. The van der Waals surface area contributed by atoms with E-state index in [1.807, 2.05) is 6.92 Å². The van der Waals surface area contributed by atoms with Crippen LogP contribution in [0, 0.1) is 5.92 Å². The van der Waals surface area contributed by atoms with Crippen LogP contribution in [0.3, 0.4) is 0 Å². The molecule has 4 nitrogen and oxygen atoms in total. The maximum Gasteiger partial charge on any atom is 0.246 e. The molecular formula is C12H20N2O2. The molecule has 0 N–H and O–H groups in total. The number of nitrogens with zero attached hydrogens (tertiary/aromatic N) is 2. The number of carbonyl (C=O) groups excluding carboxylic acids is 2. The van der Waals surface area contributed by atoms with Gasteiger partial charge in [-0.15, -0.1) is 0 Å². The Balaban J connectivity index is 2.45. The Morgan fingerprint density at radius 1 is 1.25 bits per heavy atom. The average Bonchev–Trinajstić information content (AvgIpc) is 2.28. The molecule has 1 fully saturated rings. The minimum Gasteiger partial charge on any atom is -0.349 e. The van der Waals surface area contributed by atoms with Gasteiger partial charge >= 0.3 is 0 Å². The molecule has 1 rings (SSSR count). The van der Waals surface area contributed by atoms with E-state index in [0.29, 0.717) is 13.1 Å². The SMILES string of the molecule is CC=CC(=O)N1CCC(C(=O)N(C)C)CC1. The number of hydrogen-bond donors (Lipinski definition) is 0. The van der Waals surface area contributed by atoms with Gasteiger partial charge in [-0.1, -0.05) is 6.08 Å². The van der Waals surface area contributed by atoms with Gasteiger partial charge in [0.25, 0.3) is 0 Å². The number of likely N-dealkylation sites (tertiary alicyclic amines) is 1. The molecule has 2 amide bonds. The fourth-order valence-electron chi connectivity index (χ4n) is 1.96. The second-order valence-electron chi connectivity index (χ2n) is 4.33. The number of hydrogen-bond acceptors (Lipinski definition) is 2. The van der Waals surface area contributed by atoms with Gasteiger partial charge < -0.3 is 9.80 Å². The van der Waals surface area contributed by atoms with E-state index in [1.165, 1.54) is 0 Å². The lowest BCUT2D eigenvalue weighted by Crippen LogP contribution is -2.42. The molecule has 1 aliphatic heterocycles. The van der Waals surface area contributed by atoms with Crippen LogP contribution in [0.2, 0.25) is 0 Å². The molecule has 0 aromatic carbocycles. The van der Waals surface area contributed by atoms with Crippen LogP contribution in [0.4, 0.5) is 0 Å². The molecule has 90 valence electrons. The summed E-state index contributed by atoms with van der Waals surface area (Å²) in [6.07, 6.45) is 4.88. The zero-order valence-corrected chi connectivity index (χ0v) is 10.3. The largest absolute Gasteiger partial charge is 0.349 e. The van der Waals surface area contributed by atoms with Gasteiger partial charge in [-0.25, -0.2) is 0 Å². The van der Waals surface area contributed by atoms with Crippen molar-refractivity contribution in [2.75, 3.05) is 27.2 Å². The van der Waals surface area contributed by atoms with E-state index in [1.54, 1.807) is 36.0 Å². The maximum absolute atomic E-state index is 11.7. The molecule has 0 bridgehead atoms. The van der Waals surface area contributed by atoms with E-state index in [2.05, 4.69) is 0 Å². The average molecular weight is 224 g/mol. The number of amides is 2. The fourth-order valence-corrected chi connectivity index (χ4v) is 1.96. The zero-order valence-electron chi connectivity index (χ0n) is 10.3. The Bertz CT molecular complexity index is 289. The van der Waals surface area contributed by atoms with Crippen molar-refractivity contribution < 1.29 is 9.59 Å². The zero-order chi connectivity index (χ0) is 12.1. The molecule has 0 spiro atoms. The van der Waals surface area contributed by atoms with Crippen molar-refractivity contribution in [2.45, 2.75) is 19.8 Å². The van der Waals surface area contributed by atoms with E-state index in [-0.39, 0.29) is 17.7 Å². The van der Waals surface area contributed by atoms with Gasteiger partial charge in [0.1, 0.15) is 0 Å². The second-order valence-corrected chi connectivity index (χ2v) is 4.33. The summed E-state index contributed by atoms with van der Waals surface area (Å²) in [5.74, 6) is 0.320. The lowest BCUT2D eigenvalue weighted by Gasteiger charge is -2.31. The standard InChI is InChI=1S/C12H20N2O2/c1-4-5-11(15)14-8-6-10(7-9-14)12(16)13(2)3/h4-5,10H,6-9H2,1-3H3. The first-order valence-electron chi connectivity index (χ1n) is 5.69. The first-order valence-corrected chi connectivity index (χ1v) is 5.69.